The summed E-state index contributed by atoms with van der Waals surface area (Å²) in [5.41, 5.74) is 6.18. The molecule has 0 radical (unpaired) electrons. The third-order valence-electron chi connectivity index (χ3n) is 5.63. The van der Waals surface area contributed by atoms with E-state index in [0.29, 0.717) is 0 Å². The van der Waals surface area contributed by atoms with Crippen LogP contribution in [0.4, 0.5) is 5.69 Å². The molecule has 2 aromatic rings. The third-order valence-corrected chi connectivity index (χ3v) is 5.99. The molecule has 5 heteroatoms. The van der Waals surface area contributed by atoms with Crippen LogP contribution < -0.4 is 5.32 Å². The monoisotopic (exact) mass is 411 g/mol. The van der Waals surface area contributed by atoms with Crippen LogP contribution in [0.3, 0.4) is 0 Å². The van der Waals surface area contributed by atoms with Crippen LogP contribution in [0.15, 0.2) is 42.5 Å². The van der Waals surface area contributed by atoms with Crippen molar-refractivity contribution < 1.29 is 4.74 Å². The van der Waals surface area contributed by atoms with E-state index in [-0.39, 0.29) is 0 Å². The molecule has 29 heavy (non-hydrogen) atoms. The van der Waals surface area contributed by atoms with Gasteiger partial charge in [-0.25, -0.2) is 0 Å². The second kappa shape index (κ2) is 10.7. The van der Waals surface area contributed by atoms with Crippen LogP contribution >= 0.6 is 12.2 Å². The number of hydrogen-bond acceptors (Lipinski definition) is 3. The van der Waals surface area contributed by atoms with Crippen molar-refractivity contribution in [3.63, 3.8) is 0 Å². The summed E-state index contributed by atoms with van der Waals surface area (Å²) < 4.78 is 5.46. The lowest BCUT2D eigenvalue weighted by Crippen LogP contribution is -2.40. The van der Waals surface area contributed by atoms with Crippen molar-refractivity contribution in [1.29, 1.82) is 0 Å². The molecule has 0 bridgehead atoms. The van der Waals surface area contributed by atoms with Gasteiger partial charge in [-0.3, -0.25) is 4.90 Å². The van der Waals surface area contributed by atoms with Gasteiger partial charge in [-0.15, -0.1) is 0 Å². The topological polar surface area (TPSA) is 27.7 Å². The molecule has 3 rings (SSSR count). The van der Waals surface area contributed by atoms with Crippen molar-refractivity contribution in [2.45, 2.75) is 33.7 Å². The van der Waals surface area contributed by atoms with E-state index in [2.05, 4.69) is 78.4 Å². The van der Waals surface area contributed by atoms with Gasteiger partial charge in [0.25, 0.3) is 0 Å². The molecule has 1 heterocycles. The lowest BCUT2D eigenvalue weighted by molar-refractivity contribution is 0.0368. The minimum atomic E-state index is 0.793. The van der Waals surface area contributed by atoms with Crippen LogP contribution in [-0.4, -0.2) is 54.3 Å². The summed E-state index contributed by atoms with van der Waals surface area (Å²) in [5, 5.41) is 4.29. The minimum absolute atomic E-state index is 0.793. The molecule has 1 aliphatic rings. The highest BCUT2D eigenvalue weighted by Crippen LogP contribution is 2.19. The van der Waals surface area contributed by atoms with E-state index in [1.807, 2.05) is 0 Å². The van der Waals surface area contributed by atoms with E-state index < -0.39 is 0 Å². The maximum Gasteiger partial charge on any atom is 0.173 e. The average Bonchev–Trinajstić information content (AvgIpc) is 2.73. The molecule has 0 aliphatic carbocycles. The van der Waals surface area contributed by atoms with Crippen molar-refractivity contribution >= 4 is 23.0 Å². The highest BCUT2D eigenvalue weighted by molar-refractivity contribution is 7.80. The lowest BCUT2D eigenvalue weighted by Gasteiger charge is -2.30. The Morgan fingerprint density at radius 3 is 2.52 bits per heavy atom. The molecular formula is C24H33N3OS. The zero-order valence-electron chi connectivity index (χ0n) is 17.9. The predicted octanol–water partition coefficient (Wildman–Crippen LogP) is 4.53. The van der Waals surface area contributed by atoms with Gasteiger partial charge in [0, 0.05) is 38.4 Å². The maximum absolute atomic E-state index is 5.84. The molecule has 1 N–H and O–H groups in total. The van der Waals surface area contributed by atoms with Crippen LogP contribution in [-0.2, 0) is 11.3 Å². The number of aryl methyl sites for hydroxylation is 2. The summed E-state index contributed by atoms with van der Waals surface area (Å²) in [5.74, 6) is 0. The number of ether oxygens (including phenoxy) is 1. The summed E-state index contributed by atoms with van der Waals surface area (Å²) in [6.45, 7) is 13.0. The van der Waals surface area contributed by atoms with E-state index in [9.17, 15) is 0 Å². The van der Waals surface area contributed by atoms with E-state index in [1.165, 1.54) is 22.3 Å². The van der Waals surface area contributed by atoms with Gasteiger partial charge in [-0.05, 0) is 62.2 Å². The SMILES string of the molecule is Cc1ccc(CN(CCCN2CCOCC2)C(=S)Nc2cccc(C)c2C)cc1. The minimum Gasteiger partial charge on any atom is -0.379 e. The van der Waals surface area contributed by atoms with E-state index in [4.69, 9.17) is 17.0 Å². The second-order valence-electron chi connectivity index (χ2n) is 7.89. The van der Waals surface area contributed by atoms with Gasteiger partial charge < -0.3 is 15.0 Å². The standard InChI is InChI=1S/C24H33N3OS/c1-19-8-10-22(11-9-19)18-27(13-5-12-26-14-16-28-17-15-26)24(29)25-23-7-4-6-20(2)21(23)3/h4,6-11H,5,12-18H2,1-3H3,(H,25,29). The van der Waals surface area contributed by atoms with Gasteiger partial charge in [0.05, 0.1) is 13.2 Å². The summed E-state index contributed by atoms with van der Waals surface area (Å²) in [6, 6.07) is 15.1. The first-order valence-electron chi connectivity index (χ1n) is 10.5. The highest BCUT2D eigenvalue weighted by atomic mass is 32.1. The molecule has 0 saturated carbocycles. The molecule has 0 amide bonds. The summed E-state index contributed by atoms with van der Waals surface area (Å²) in [7, 11) is 0. The fourth-order valence-corrected chi connectivity index (χ4v) is 3.82. The number of thiocarbonyl (C=S) groups is 1. The first-order valence-corrected chi connectivity index (χ1v) is 10.9. The number of anilines is 1. The largest absolute Gasteiger partial charge is 0.379 e. The molecule has 1 fully saturated rings. The van der Waals surface area contributed by atoms with Gasteiger partial charge in [-0.2, -0.15) is 0 Å². The Morgan fingerprint density at radius 2 is 1.79 bits per heavy atom. The van der Waals surface area contributed by atoms with E-state index in [0.717, 1.165) is 63.2 Å². The maximum atomic E-state index is 5.84. The first kappa shape index (κ1) is 21.8. The third kappa shape index (κ3) is 6.53. The van der Waals surface area contributed by atoms with Crippen molar-refractivity contribution in [2.24, 2.45) is 0 Å². The van der Waals surface area contributed by atoms with Gasteiger partial charge in [0.1, 0.15) is 0 Å². The Kier molecular flexibility index (Phi) is 8.04. The van der Waals surface area contributed by atoms with Gasteiger partial charge in [0.15, 0.2) is 5.11 Å². The summed E-state index contributed by atoms with van der Waals surface area (Å²) in [4.78, 5) is 4.77. The average molecular weight is 412 g/mol. The lowest BCUT2D eigenvalue weighted by atomic mass is 10.1. The second-order valence-corrected chi connectivity index (χ2v) is 8.28. The molecule has 1 aliphatic heterocycles. The number of rotatable bonds is 7. The zero-order chi connectivity index (χ0) is 20.6. The number of morpholine rings is 1. The molecule has 0 atom stereocenters. The Hall–Kier alpha value is -1.95. The van der Waals surface area contributed by atoms with Crippen LogP contribution in [0.2, 0.25) is 0 Å². The van der Waals surface area contributed by atoms with Crippen LogP contribution in [0.1, 0.15) is 28.7 Å². The van der Waals surface area contributed by atoms with Crippen LogP contribution in [0.25, 0.3) is 0 Å². The molecule has 0 spiro atoms. The Morgan fingerprint density at radius 1 is 1.07 bits per heavy atom. The highest BCUT2D eigenvalue weighted by Gasteiger charge is 2.14. The smallest absolute Gasteiger partial charge is 0.173 e. The number of benzene rings is 2. The first-order chi connectivity index (χ1) is 14.0. The summed E-state index contributed by atoms with van der Waals surface area (Å²) >= 11 is 5.84. The van der Waals surface area contributed by atoms with Crippen LogP contribution in [0.5, 0.6) is 0 Å². The summed E-state index contributed by atoms with van der Waals surface area (Å²) in [6.07, 6.45) is 1.08. The molecular weight excluding hydrogens is 378 g/mol. The normalized spacial score (nSPS) is 14.6. The van der Waals surface area contributed by atoms with E-state index >= 15 is 0 Å². The molecule has 2 aromatic carbocycles. The zero-order valence-corrected chi connectivity index (χ0v) is 18.7. The van der Waals surface area contributed by atoms with Crippen molar-refractivity contribution in [1.82, 2.24) is 9.80 Å². The molecule has 0 aromatic heterocycles. The fraction of sp³-hybridized carbons (Fsp3) is 0.458. The molecule has 1 saturated heterocycles. The predicted molar refractivity (Wildman–Crippen MR) is 126 cm³/mol. The Balaban J connectivity index is 1.65. The van der Waals surface area contributed by atoms with Crippen molar-refractivity contribution in [3.05, 3.63) is 64.7 Å². The van der Waals surface area contributed by atoms with Crippen molar-refractivity contribution in [3.8, 4) is 0 Å². The Labute approximate surface area is 180 Å². The Bertz CT molecular complexity index is 800. The number of nitrogens with one attached hydrogen (secondary N) is 1. The molecule has 0 unspecified atom stereocenters. The van der Waals surface area contributed by atoms with E-state index in [1.54, 1.807) is 0 Å². The molecule has 4 nitrogen and oxygen atoms in total. The van der Waals surface area contributed by atoms with Crippen LogP contribution in [0, 0.1) is 20.8 Å². The van der Waals surface area contributed by atoms with Gasteiger partial charge >= 0.3 is 0 Å². The van der Waals surface area contributed by atoms with Gasteiger partial charge in [-0.1, -0.05) is 42.0 Å². The number of hydrogen-bond donors (Lipinski definition) is 1. The molecule has 156 valence electrons. The quantitative estimate of drug-likeness (QED) is 0.676. The fourth-order valence-electron chi connectivity index (χ4n) is 3.56. The van der Waals surface area contributed by atoms with Crippen molar-refractivity contribution in [2.75, 3.05) is 44.7 Å². The van der Waals surface area contributed by atoms with Gasteiger partial charge in [0.2, 0.25) is 0 Å². The number of nitrogens with zero attached hydrogens (tertiary/aromatic N) is 2.